The lowest BCUT2D eigenvalue weighted by Crippen LogP contribution is -2.36. The number of rotatable bonds is 6. The Morgan fingerprint density at radius 2 is 1.91 bits per heavy atom. The van der Waals surface area contributed by atoms with E-state index in [1.807, 2.05) is 6.92 Å². The standard InChI is InChI=1S/C16H19N3O3/c1-2-12(10-20)18-15(21)11-5-7-13(8-6-11)19-16(22)14-4-3-9-17-14/h3-9,12,17,20H,2,10H2,1H3,(H,18,21)(H,19,22). The number of H-pyrrole nitrogens is 1. The van der Waals surface area contributed by atoms with Gasteiger partial charge in [0.05, 0.1) is 12.6 Å². The average Bonchev–Trinajstić information content (AvgIpc) is 3.07. The molecule has 0 aliphatic carbocycles. The molecule has 1 aromatic carbocycles. The van der Waals surface area contributed by atoms with Crippen molar-refractivity contribution in [2.75, 3.05) is 11.9 Å². The van der Waals surface area contributed by atoms with E-state index >= 15 is 0 Å². The summed E-state index contributed by atoms with van der Waals surface area (Å²) in [7, 11) is 0. The Labute approximate surface area is 128 Å². The smallest absolute Gasteiger partial charge is 0.272 e. The van der Waals surface area contributed by atoms with E-state index in [1.54, 1.807) is 42.6 Å². The molecule has 1 atom stereocenters. The fourth-order valence-corrected chi connectivity index (χ4v) is 1.92. The minimum absolute atomic E-state index is 0.0907. The lowest BCUT2D eigenvalue weighted by atomic mass is 10.1. The molecular weight excluding hydrogens is 282 g/mol. The molecule has 6 heteroatoms. The Morgan fingerprint density at radius 1 is 1.18 bits per heavy atom. The van der Waals surface area contributed by atoms with Crippen LogP contribution >= 0.6 is 0 Å². The summed E-state index contributed by atoms with van der Waals surface area (Å²) in [6.07, 6.45) is 2.33. The maximum absolute atomic E-state index is 12.0. The van der Waals surface area contributed by atoms with Gasteiger partial charge in [-0.15, -0.1) is 0 Å². The summed E-state index contributed by atoms with van der Waals surface area (Å²) in [5, 5.41) is 14.6. The highest BCUT2D eigenvalue weighted by Gasteiger charge is 2.12. The number of anilines is 1. The Balaban J connectivity index is 1.98. The molecule has 22 heavy (non-hydrogen) atoms. The summed E-state index contributed by atoms with van der Waals surface area (Å²) in [5.74, 6) is -0.489. The Hall–Kier alpha value is -2.60. The Morgan fingerprint density at radius 3 is 2.45 bits per heavy atom. The zero-order valence-electron chi connectivity index (χ0n) is 12.3. The van der Waals surface area contributed by atoms with Gasteiger partial charge in [-0.05, 0) is 42.8 Å². The third-order valence-electron chi connectivity index (χ3n) is 3.30. The molecule has 4 N–H and O–H groups in total. The van der Waals surface area contributed by atoms with Crippen molar-refractivity contribution in [1.82, 2.24) is 10.3 Å². The van der Waals surface area contributed by atoms with Crippen LogP contribution in [0.1, 0.15) is 34.2 Å². The van der Waals surface area contributed by atoms with Gasteiger partial charge in [0.25, 0.3) is 11.8 Å². The normalized spacial score (nSPS) is 11.7. The number of amides is 2. The largest absolute Gasteiger partial charge is 0.394 e. The first kappa shape index (κ1) is 15.8. The molecule has 0 radical (unpaired) electrons. The highest BCUT2D eigenvalue weighted by Crippen LogP contribution is 2.11. The summed E-state index contributed by atoms with van der Waals surface area (Å²) >= 11 is 0. The van der Waals surface area contributed by atoms with Gasteiger partial charge < -0.3 is 20.7 Å². The van der Waals surface area contributed by atoms with Crippen LogP contribution in [0.2, 0.25) is 0 Å². The lowest BCUT2D eigenvalue weighted by Gasteiger charge is -2.14. The highest BCUT2D eigenvalue weighted by molar-refractivity contribution is 6.03. The summed E-state index contributed by atoms with van der Waals surface area (Å²) in [6.45, 7) is 1.80. The van der Waals surface area contributed by atoms with E-state index in [9.17, 15) is 9.59 Å². The highest BCUT2D eigenvalue weighted by atomic mass is 16.3. The number of hydrogen-bond acceptors (Lipinski definition) is 3. The van der Waals surface area contributed by atoms with Gasteiger partial charge in [0.2, 0.25) is 0 Å². The van der Waals surface area contributed by atoms with Crippen LogP contribution in [0.5, 0.6) is 0 Å². The number of benzene rings is 1. The van der Waals surface area contributed by atoms with Crippen LogP contribution in [0.3, 0.4) is 0 Å². The Bertz CT molecular complexity index is 617. The van der Waals surface area contributed by atoms with Crippen molar-refractivity contribution in [3.05, 3.63) is 53.9 Å². The van der Waals surface area contributed by atoms with Crippen molar-refractivity contribution < 1.29 is 14.7 Å². The topological polar surface area (TPSA) is 94.2 Å². The maximum atomic E-state index is 12.0. The molecule has 0 aliphatic heterocycles. The van der Waals surface area contributed by atoms with Crippen LogP contribution in [0, 0.1) is 0 Å². The maximum Gasteiger partial charge on any atom is 0.272 e. The molecule has 0 spiro atoms. The number of carbonyl (C=O) groups excluding carboxylic acids is 2. The van der Waals surface area contributed by atoms with Crippen molar-refractivity contribution in [3.63, 3.8) is 0 Å². The van der Waals surface area contributed by atoms with Crippen molar-refractivity contribution >= 4 is 17.5 Å². The van der Waals surface area contributed by atoms with Crippen LogP contribution in [-0.4, -0.2) is 34.6 Å². The zero-order valence-corrected chi connectivity index (χ0v) is 12.3. The van der Waals surface area contributed by atoms with Crippen LogP contribution in [0.15, 0.2) is 42.6 Å². The molecular formula is C16H19N3O3. The van der Waals surface area contributed by atoms with Crippen molar-refractivity contribution in [2.45, 2.75) is 19.4 Å². The first-order valence-electron chi connectivity index (χ1n) is 7.10. The van der Waals surface area contributed by atoms with E-state index in [2.05, 4.69) is 15.6 Å². The molecule has 0 saturated carbocycles. The quantitative estimate of drug-likeness (QED) is 0.655. The minimum atomic E-state index is -0.250. The molecule has 1 unspecified atom stereocenters. The fraction of sp³-hybridized carbons (Fsp3) is 0.250. The summed E-state index contributed by atoms with van der Waals surface area (Å²) in [5.41, 5.74) is 1.55. The van der Waals surface area contributed by atoms with E-state index in [0.29, 0.717) is 23.4 Å². The molecule has 2 amide bonds. The number of aliphatic hydroxyl groups is 1. The number of aromatic nitrogens is 1. The molecule has 116 valence electrons. The molecule has 0 saturated heterocycles. The van der Waals surface area contributed by atoms with Crippen LogP contribution in [-0.2, 0) is 0 Å². The van der Waals surface area contributed by atoms with E-state index in [4.69, 9.17) is 5.11 Å². The zero-order chi connectivity index (χ0) is 15.9. The number of hydrogen-bond donors (Lipinski definition) is 4. The number of carbonyl (C=O) groups is 2. The molecule has 2 aromatic rings. The lowest BCUT2D eigenvalue weighted by molar-refractivity contribution is 0.0914. The number of nitrogens with one attached hydrogen (secondary N) is 3. The van der Waals surface area contributed by atoms with E-state index < -0.39 is 0 Å². The second-order valence-electron chi connectivity index (χ2n) is 4.88. The monoisotopic (exact) mass is 301 g/mol. The third kappa shape index (κ3) is 3.95. The van der Waals surface area contributed by atoms with Crippen LogP contribution in [0.4, 0.5) is 5.69 Å². The molecule has 0 bridgehead atoms. The van der Waals surface area contributed by atoms with Gasteiger partial charge in [-0.3, -0.25) is 9.59 Å². The third-order valence-corrected chi connectivity index (χ3v) is 3.30. The summed E-state index contributed by atoms with van der Waals surface area (Å²) in [4.78, 5) is 26.7. The van der Waals surface area contributed by atoms with Gasteiger partial charge >= 0.3 is 0 Å². The predicted octanol–water partition coefficient (Wildman–Crippen LogP) is 1.77. The van der Waals surface area contributed by atoms with Gasteiger partial charge in [0.1, 0.15) is 5.69 Å². The van der Waals surface area contributed by atoms with Crippen molar-refractivity contribution in [2.24, 2.45) is 0 Å². The first-order chi connectivity index (χ1) is 10.6. The fourth-order valence-electron chi connectivity index (χ4n) is 1.92. The predicted molar refractivity (Wildman–Crippen MR) is 83.8 cm³/mol. The van der Waals surface area contributed by atoms with E-state index in [-0.39, 0.29) is 24.5 Å². The van der Waals surface area contributed by atoms with E-state index in [1.165, 1.54) is 0 Å². The van der Waals surface area contributed by atoms with Crippen molar-refractivity contribution in [3.8, 4) is 0 Å². The van der Waals surface area contributed by atoms with Gasteiger partial charge in [-0.2, -0.15) is 0 Å². The molecule has 1 aromatic heterocycles. The van der Waals surface area contributed by atoms with Gasteiger partial charge in [0.15, 0.2) is 0 Å². The van der Waals surface area contributed by atoms with Gasteiger partial charge in [-0.1, -0.05) is 6.92 Å². The Kier molecular flexibility index (Phi) is 5.32. The minimum Gasteiger partial charge on any atom is -0.394 e. The molecule has 0 aliphatic rings. The van der Waals surface area contributed by atoms with E-state index in [0.717, 1.165) is 0 Å². The van der Waals surface area contributed by atoms with Crippen LogP contribution in [0.25, 0.3) is 0 Å². The van der Waals surface area contributed by atoms with Gasteiger partial charge in [-0.25, -0.2) is 0 Å². The summed E-state index contributed by atoms with van der Waals surface area (Å²) in [6, 6.07) is 9.75. The summed E-state index contributed by atoms with van der Waals surface area (Å²) < 4.78 is 0. The molecule has 1 heterocycles. The van der Waals surface area contributed by atoms with Crippen LogP contribution < -0.4 is 10.6 Å². The second kappa shape index (κ2) is 7.42. The van der Waals surface area contributed by atoms with Gasteiger partial charge in [0, 0.05) is 17.4 Å². The first-order valence-corrected chi connectivity index (χ1v) is 7.10. The number of aliphatic hydroxyl groups excluding tert-OH is 1. The SMILES string of the molecule is CCC(CO)NC(=O)c1ccc(NC(=O)c2ccc[nH]2)cc1. The average molecular weight is 301 g/mol. The molecule has 6 nitrogen and oxygen atoms in total. The molecule has 0 fully saturated rings. The number of aromatic amines is 1. The second-order valence-corrected chi connectivity index (χ2v) is 4.88. The van der Waals surface area contributed by atoms with Crippen molar-refractivity contribution in [1.29, 1.82) is 0 Å². The molecule has 2 rings (SSSR count).